The SMILES string of the molecule is Cc1nc(C)c(Cc2ccccc2)c(N2CCCN(C(=O)Cc3ccccc3)CC2)n1. The average molecular weight is 415 g/mol. The second-order valence-corrected chi connectivity index (χ2v) is 8.20. The highest BCUT2D eigenvalue weighted by Gasteiger charge is 2.23. The molecule has 0 aliphatic carbocycles. The third kappa shape index (κ3) is 5.29. The average Bonchev–Trinajstić information content (AvgIpc) is 3.03. The van der Waals surface area contributed by atoms with Crippen LogP contribution in [0.4, 0.5) is 5.82 Å². The summed E-state index contributed by atoms with van der Waals surface area (Å²) in [4.78, 5) is 26.7. The van der Waals surface area contributed by atoms with Gasteiger partial charge in [-0.25, -0.2) is 9.97 Å². The van der Waals surface area contributed by atoms with Crippen LogP contribution < -0.4 is 4.90 Å². The van der Waals surface area contributed by atoms with Gasteiger partial charge < -0.3 is 9.80 Å². The van der Waals surface area contributed by atoms with Crippen molar-refractivity contribution in [3.63, 3.8) is 0 Å². The molecule has 5 heteroatoms. The predicted octanol–water partition coefficient (Wildman–Crippen LogP) is 3.97. The minimum atomic E-state index is 0.201. The van der Waals surface area contributed by atoms with Crippen molar-refractivity contribution in [3.8, 4) is 0 Å². The number of carbonyl (C=O) groups is 1. The van der Waals surface area contributed by atoms with Crippen LogP contribution in [0.2, 0.25) is 0 Å². The quantitative estimate of drug-likeness (QED) is 0.634. The van der Waals surface area contributed by atoms with Crippen LogP contribution in [0.15, 0.2) is 60.7 Å². The van der Waals surface area contributed by atoms with E-state index in [4.69, 9.17) is 4.98 Å². The first kappa shape index (κ1) is 21.0. The van der Waals surface area contributed by atoms with Crippen LogP contribution in [0.5, 0.6) is 0 Å². The number of amides is 1. The summed E-state index contributed by atoms with van der Waals surface area (Å²) in [5.41, 5.74) is 4.54. The maximum atomic E-state index is 12.9. The Morgan fingerprint density at radius 3 is 2.23 bits per heavy atom. The fourth-order valence-corrected chi connectivity index (χ4v) is 4.25. The van der Waals surface area contributed by atoms with Gasteiger partial charge in [-0.2, -0.15) is 0 Å². The van der Waals surface area contributed by atoms with Crippen molar-refractivity contribution in [1.29, 1.82) is 0 Å². The van der Waals surface area contributed by atoms with Crippen molar-refractivity contribution in [2.45, 2.75) is 33.1 Å². The van der Waals surface area contributed by atoms with Crippen LogP contribution in [0, 0.1) is 13.8 Å². The molecule has 1 aromatic heterocycles. The van der Waals surface area contributed by atoms with Gasteiger partial charge in [-0.15, -0.1) is 0 Å². The Bertz CT molecular complexity index is 1020. The fourth-order valence-electron chi connectivity index (χ4n) is 4.25. The number of nitrogens with zero attached hydrogens (tertiary/aromatic N) is 4. The smallest absolute Gasteiger partial charge is 0.227 e. The normalized spacial score (nSPS) is 14.4. The Balaban J connectivity index is 1.50. The molecular weight excluding hydrogens is 384 g/mol. The first-order chi connectivity index (χ1) is 15.1. The maximum absolute atomic E-state index is 12.9. The molecule has 2 aromatic carbocycles. The van der Waals surface area contributed by atoms with E-state index < -0.39 is 0 Å². The predicted molar refractivity (Wildman–Crippen MR) is 124 cm³/mol. The molecule has 1 saturated heterocycles. The lowest BCUT2D eigenvalue weighted by molar-refractivity contribution is -0.130. The molecule has 0 saturated carbocycles. The Morgan fingerprint density at radius 2 is 1.52 bits per heavy atom. The molecule has 0 N–H and O–H groups in total. The summed E-state index contributed by atoms with van der Waals surface area (Å²) < 4.78 is 0. The van der Waals surface area contributed by atoms with Gasteiger partial charge in [0.1, 0.15) is 11.6 Å². The first-order valence-electron chi connectivity index (χ1n) is 11.0. The molecule has 1 amide bonds. The zero-order chi connectivity index (χ0) is 21.6. The minimum Gasteiger partial charge on any atom is -0.354 e. The van der Waals surface area contributed by atoms with Crippen LogP contribution in [-0.2, 0) is 17.6 Å². The van der Waals surface area contributed by atoms with Crippen molar-refractivity contribution in [2.75, 3.05) is 31.1 Å². The van der Waals surface area contributed by atoms with E-state index in [1.54, 1.807) is 0 Å². The van der Waals surface area contributed by atoms with E-state index in [1.165, 1.54) is 11.1 Å². The molecule has 160 valence electrons. The van der Waals surface area contributed by atoms with E-state index >= 15 is 0 Å². The molecule has 4 rings (SSSR count). The fraction of sp³-hybridized carbons (Fsp3) is 0.346. The summed E-state index contributed by atoms with van der Waals surface area (Å²) in [6, 6.07) is 20.5. The topological polar surface area (TPSA) is 49.3 Å². The molecule has 1 aliphatic rings. The number of hydrogen-bond acceptors (Lipinski definition) is 4. The summed E-state index contributed by atoms with van der Waals surface area (Å²) >= 11 is 0. The number of carbonyl (C=O) groups excluding carboxylic acids is 1. The number of aromatic nitrogens is 2. The summed E-state index contributed by atoms with van der Waals surface area (Å²) in [6.07, 6.45) is 2.22. The zero-order valence-electron chi connectivity index (χ0n) is 18.4. The molecular formula is C26H30N4O. The third-order valence-electron chi connectivity index (χ3n) is 5.87. The lowest BCUT2D eigenvalue weighted by Gasteiger charge is -2.26. The second-order valence-electron chi connectivity index (χ2n) is 8.20. The molecule has 0 unspecified atom stereocenters. The van der Waals surface area contributed by atoms with Crippen molar-refractivity contribution >= 4 is 11.7 Å². The van der Waals surface area contributed by atoms with Crippen molar-refractivity contribution < 1.29 is 4.79 Å². The lowest BCUT2D eigenvalue weighted by Crippen LogP contribution is -2.36. The van der Waals surface area contributed by atoms with Crippen LogP contribution in [0.25, 0.3) is 0 Å². The van der Waals surface area contributed by atoms with Gasteiger partial charge in [0.05, 0.1) is 6.42 Å². The maximum Gasteiger partial charge on any atom is 0.227 e. The molecule has 3 aromatic rings. The van der Waals surface area contributed by atoms with Crippen LogP contribution in [-0.4, -0.2) is 47.0 Å². The van der Waals surface area contributed by atoms with E-state index in [1.807, 2.05) is 48.2 Å². The van der Waals surface area contributed by atoms with E-state index in [0.717, 1.165) is 61.9 Å². The van der Waals surface area contributed by atoms with Gasteiger partial charge in [0.2, 0.25) is 5.91 Å². The second kappa shape index (κ2) is 9.73. The van der Waals surface area contributed by atoms with Crippen LogP contribution in [0.3, 0.4) is 0 Å². The highest BCUT2D eigenvalue weighted by atomic mass is 16.2. The van der Waals surface area contributed by atoms with Gasteiger partial charge in [-0.1, -0.05) is 60.7 Å². The van der Waals surface area contributed by atoms with Gasteiger partial charge in [0, 0.05) is 43.9 Å². The van der Waals surface area contributed by atoms with E-state index in [9.17, 15) is 4.79 Å². The number of benzene rings is 2. The standard InChI is InChI=1S/C26H30N4O/c1-20-24(18-22-10-5-3-6-11-22)26(28-21(2)27-20)30-15-9-14-29(16-17-30)25(31)19-23-12-7-4-8-13-23/h3-8,10-13H,9,14-19H2,1-2H3. The highest BCUT2D eigenvalue weighted by Crippen LogP contribution is 2.25. The zero-order valence-corrected chi connectivity index (χ0v) is 18.4. The van der Waals surface area contributed by atoms with E-state index in [0.29, 0.717) is 6.42 Å². The van der Waals surface area contributed by atoms with Crippen molar-refractivity contribution in [3.05, 3.63) is 88.9 Å². The number of rotatable bonds is 5. The Labute approximate surface area is 184 Å². The lowest BCUT2D eigenvalue weighted by atomic mass is 10.0. The molecule has 1 aliphatic heterocycles. The Kier molecular flexibility index (Phi) is 6.60. The van der Waals surface area contributed by atoms with Gasteiger partial charge in [0.15, 0.2) is 0 Å². The van der Waals surface area contributed by atoms with Gasteiger partial charge in [-0.05, 0) is 31.4 Å². The van der Waals surface area contributed by atoms with Gasteiger partial charge in [0.25, 0.3) is 0 Å². The minimum absolute atomic E-state index is 0.201. The molecule has 5 nitrogen and oxygen atoms in total. The number of aryl methyl sites for hydroxylation is 2. The summed E-state index contributed by atoms with van der Waals surface area (Å²) in [6.45, 7) is 7.23. The molecule has 31 heavy (non-hydrogen) atoms. The molecule has 0 radical (unpaired) electrons. The molecule has 2 heterocycles. The molecule has 0 atom stereocenters. The van der Waals surface area contributed by atoms with Crippen LogP contribution in [0.1, 0.15) is 34.6 Å². The number of anilines is 1. The monoisotopic (exact) mass is 414 g/mol. The molecule has 0 bridgehead atoms. The molecule has 0 spiro atoms. The first-order valence-corrected chi connectivity index (χ1v) is 11.0. The van der Waals surface area contributed by atoms with E-state index in [2.05, 4.69) is 41.1 Å². The highest BCUT2D eigenvalue weighted by molar-refractivity contribution is 5.78. The number of hydrogen-bond donors (Lipinski definition) is 0. The summed E-state index contributed by atoms with van der Waals surface area (Å²) in [5.74, 6) is 2.02. The third-order valence-corrected chi connectivity index (χ3v) is 5.87. The molecule has 1 fully saturated rings. The Hall–Kier alpha value is -3.21. The van der Waals surface area contributed by atoms with Gasteiger partial charge in [-0.3, -0.25) is 4.79 Å². The summed E-state index contributed by atoms with van der Waals surface area (Å²) in [5, 5.41) is 0. The summed E-state index contributed by atoms with van der Waals surface area (Å²) in [7, 11) is 0. The van der Waals surface area contributed by atoms with E-state index in [-0.39, 0.29) is 5.91 Å². The van der Waals surface area contributed by atoms with Crippen LogP contribution >= 0.6 is 0 Å². The Morgan fingerprint density at radius 1 is 0.839 bits per heavy atom. The largest absolute Gasteiger partial charge is 0.354 e. The van der Waals surface area contributed by atoms with Crippen molar-refractivity contribution in [1.82, 2.24) is 14.9 Å². The van der Waals surface area contributed by atoms with Crippen molar-refractivity contribution in [2.24, 2.45) is 0 Å². The van der Waals surface area contributed by atoms with Gasteiger partial charge >= 0.3 is 0 Å².